The van der Waals surface area contributed by atoms with Crippen LogP contribution in [0.5, 0.6) is 0 Å². The highest BCUT2D eigenvalue weighted by Crippen LogP contribution is 2.16. The van der Waals surface area contributed by atoms with E-state index in [-0.39, 0.29) is 0 Å². The molecule has 1 rings (SSSR count). The van der Waals surface area contributed by atoms with Crippen molar-refractivity contribution in [1.82, 2.24) is 0 Å². The maximum Gasteiger partial charge on any atom is 0.330 e. The molecule has 18 heavy (non-hydrogen) atoms. The van der Waals surface area contributed by atoms with Gasteiger partial charge in [-0.15, -0.1) is 0 Å². The van der Waals surface area contributed by atoms with E-state index in [1.807, 2.05) is 0 Å². The second kappa shape index (κ2) is 6.85. The number of carbonyl (C=O) groups is 2. The van der Waals surface area contributed by atoms with Crippen molar-refractivity contribution in [2.24, 2.45) is 5.16 Å². The van der Waals surface area contributed by atoms with E-state index in [0.717, 1.165) is 6.21 Å². The lowest BCUT2D eigenvalue weighted by Gasteiger charge is -2.05. The van der Waals surface area contributed by atoms with Gasteiger partial charge in [0.1, 0.15) is 6.21 Å². The molecule has 0 atom stereocenters. The molecule has 1 aromatic rings. The fourth-order valence-corrected chi connectivity index (χ4v) is 1.20. The number of methoxy groups -OCH3 is 1. The summed E-state index contributed by atoms with van der Waals surface area (Å²) in [5.74, 6) is -1.07. The standard InChI is InChI=1S/C12H12N2O4/c1-18-12(16)7-6-9-4-2-3-5-10(9)14-11(15)8-13-17/h2-8,17H,1H3,(H,14,15). The van der Waals surface area contributed by atoms with Crippen molar-refractivity contribution in [3.05, 3.63) is 35.9 Å². The van der Waals surface area contributed by atoms with E-state index < -0.39 is 11.9 Å². The Kier molecular flexibility index (Phi) is 5.11. The molecule has 6 nitrogen and oxygen atoms in total. The Morgan fingerprint density at radius 2 is 2.11 bits per heavy atom. The minimum atomic E-state index is -0.573. The Morgan fingerprint density at radius 3 is 2.78 bits per heavy atom. The number of ether oxygens (including phenoxy) is 1. The van der Waals surface area contributed by atoms with Crippen LogP contribution in [0.3, 0.4) is 0 Å². The minimum absolute atomic E-state index is 0.488. The van der Waals surface area contributed by atoms with Gasteiger partial charge in [-0.25, -0.2) is 4.79 Å². The number of nitrogens with zero attached hydrogens (tertiary/aromatic N) is 1. The van der Waals surface area contributed by atoms with E-state index in [0.29, 0.717) is 11.3 Å². The summed E-state index contributed by atoms with van der Waals surface area (Å²) < 4.78 is 4.46. The third-order valence-corrected chi connectivity index (χ3v) is 1.99. The molecular formula is C12H12N2O4. The van der Waals surface area contributed by atoms with Crippen LogP contribution in [-0.4, -0.2) is 30.4 Å². The van der Waals surface area contributed by atoms with Crippen molar-refractivity contribution in [3.63, 3.8) is 0 Å². The number of benzene rings is 1. The van der Waals surface area contributed by atoms with Crippen LogP contribution < -0.4 is 5.32 Å². The molecule has 0 unspecified atom stereocenters. The first kappa shape index (κ1) is 13.4. The fraction of sp³-hybridized carbons (Fsp3) is 0.0833. The number of amides is 1. The van der Waals surface area contributed by atoms with Gasteiger partial charge in [-0.1, -0.05) is 23.4 Å². The average molecular weight is 248 g/mol. The topological polar surface area (TPSA) is 88.0 Å². The van der Waals surface area contributed by atoms with Gasteiger partial charge in [0.15, 0.2) is 0 Å². The average Bonchev–Trinajstić information content (AvgIpc) is 2.37. The molecule has 0 fully saturated rings. The zero-order valence-corrected chi connectivity index (χ0v) is 9.66. The number of oxime groups is 1. The Hall–Kier alpha value is -2.63. The Morgan fingerprint density at radius 1 is 1.39 bits per heavy atom. The second-order valence-corrected chi connectivity index (χ2v) is 3.18. The summed E-state index contributed by atoms with van der Waals surface area (Å²) in [6.45, 7) is 0. The van der Waals surface area contributed by atoms with Crippen LogP contribution in [0.1, 0.15) is 5.56 Å². The van der Waals surface area contributed by atoms with Crippen LogP contribution in [0.25, 0.3) is 6.08 Å². The van der Waals surface area contributed by atoms with Crippen molar-refractivity contribution in [3.8, 4) is 0 Å². The number of rotatable bonds is 4. The molecule has 0 heterocycles. The number of nitrogens with one attached hydrogen (secondary N) is 1. The number of esters is 1. The van der Waals surface area contributed by atoms with Gasteiger partial charge in [0, 0.05) is 11.8 Å². The van der Waals surface area contributed by atoms with Crippen molar-refractivity contribution in [2.75, 3.05) is 12.4 Å². The molecule has 94 valence electrons. The van der Waals surface area contributed by atoms with Crippen LogP contribution >= 0.6 is 0 Å². The van der Waals surface area contributed by atoms with E-state index in [2.05, 4.69) is 15.2 Å². The summed E-state index contributed by atoms with van der Waals surface area (Å²) in [4.78, 5) is 22.2. The van der Waals surface area contributed by atoms with E-state index in [4.69, 9.17) is 5.21 Å². The molecule has 0 saturated carbocycles. The van der Waals surface area contributed by atoms with Gasteiger partial charge in [0.2, 0.25) is 0 Å². The van der Waals surface area contributed by atoms with Crippen molar-refractivity contribution in [2.45, 2.75) is 0 Å². The molecule has 1 amide bonds. The molecule has 0 aromatic heterocycles. The van der Waals surface area contributed by atoms with Gasteiger partial charge >= 0.3 is 5.97 Å². The summed E-state index contributed by atoms with van der Waals surface area (Å²) in [5, 5.41) is 13.3. The van der Waals surface area contributed by atoms with Gasteiger partial charge < -0.3 is 15.3 Å². The molecule has 1 aromatic carbocycles. The highest BCUT2D eigenvalue weighted by Gasteiger charge is 2.03. The van der Waals surface area contributed by atoms with Crippen molar-refractivity contribution in [1.29, 1.82) is 0 Å². The van der Waals surface area contributed by atoms with Gasteiger partial charge in [0.05, 0.1) is 7.11 Å². The van der Waals surface area contributed by atoms with Gasteiger partial charge in [-0.3, -0.25) is 4.79 Å². The van der Waals surface area contributed by atoms with Crippen LogP contribution in [0.4, 0.5) is 5.69 Å². The molecule has 0 aliphatic rings. The summed E-state index contributed by atoms with van der Waals surface area (Å²) in [5.41, 5.74) is 1.12. The van der Waals surface area contributed by atoms with Gasteiger partial charge in [-0.2, -0.15) is 0 Å². The molecule has 0 aliphatic carbocycles. The maximum atomic E-state index is 11.2. The van der Waals surface area contributed by atoms with Crippen LogP contribution in [0.15, 0.2) is 35.5 Å². The predicted molar refractivity (Wildman–Crippen MR) is 66.4 cm³/mol. The molecule has 0 bridgehead atoms. The van der Waals surface area contributed by atoms with Crippen LogP contribution in [0.2, 0.25) is 0 Å². The summed E-state index contributed by atoms with van der Waals surface area (Å²) in [7, 11) is 1.28. The van der Waals surface area contributed by atoms with Crippen LogP contribution in [0, 0.1) is 0 Å². The molecular weight excluding hydrogens is 236 g/mol. The monoisotopic (exact) mass is 248 g/mol. The predicted octanol–water partition coefficient (Wildman–Crippen LogP) is 1.27. The zero-order chi connectivity index (χ0) is 13.4. The number of para-hydroxylation sites is 1. The lowest BCUT2D eigenvalue weighted by atomic mass is 10.1. The molecule has 0 saturated heterocycles. The highest BCUT2D eigenvalue weighted by atomic mass is 16.5. The minimum Gasteiger partial charge on any atom is -0.466 e. The fourth-order valence-electron chi connectivity index (χ4n) is 1.20. The SMILES string of the molecule is COC(=O)C=Cc1ccccc1NC(=O)C=NO. The van der Waals surface area contributed by atoms with E-state index >= 15 is 0 Å². The first-order chi connectivity index (χ1) is 8.67. The highest BCUT2D eigenvalue weighted by molar-refractivity contribution is 6.31. The van der Waals surface area contributed by atoms with Gasteiger partial charge in [0.25, 0.3) is 5.91 Å². The van der Waals surface area contributed by atoms with Crippen molar-refractivity contribution < 1.29 is 19.5 Å². The Balaban J connectivity index is 2.89. The lowest BCUT2D eigenvalue weighted by molar-refractivity contribution is -0.134. The van der Waals surface area contributed by atoms with Crippen LogP contribution in [-0.2, 0) is 14.3 Å². The second-order valence-electron chi connectivity index (χ2n) is 3.18. The number of carbonyl (C=O) groups excluding carboxylic acids is 2. The summed E-state index contributed by atoms with van der Waals surface area (Å²) >= 11 is 0. The summed E-state index contributed by atoms with van der Waals surface area (Å²) in [6, 6.07) is 6.85. The van der Waals surface area contributed by atoms with E-state index in [9.17, 15) is 9.59 Å². The normalized spacial score (nSPS) is 10.7. The van der Waals surface area contributed by atoms with Crippen molar-refractivity contribution >= 4 is 29.9 Å². The lowest BCUT2D eigenvalue weighted by Crippen LogP contribution is -2.13. The van der Waals surface area contributed by atoms with E-state index in [1.165, 1.54) is 19.3 Å². The molecule has 6 heteroatoms. The maximum absolute atomic E-state index is 11.2. The quantitative estimate of drug-likeness (QED) is 0.276. The molecule has 2 N–H and O–H groups in total. The third-order valence-electron chi connectivity index (χ3n) is 1.99. The molecule has 0 aliphatic heterocycles. The molecule has 0 radical (unpaired) electrons. The number of hydrogen-bond donors (Lipinski definition) is 2. The van der Waals surface area contributed by atoms with Gasteiger partial charge in [-0.05, 0) is 17.7 Å². The number of anilines is 1. The van der Waals surface area contributed by atoms with E-state index in [1.54, 1.807) is 24.3 Å². The Bertz CT molecular complexity index is 495. The first-order valence-electron chi connectivity index (χ1n) is 5.01. The first-order valence-corrected chi connectivity index (χ1v) is 5.01. The smallest absolute Gasteiger partial charge is 0.330 e. The molecule has 0 spiro atoms. The Labute approximate surface area is 104 Å². The number of hydrogen-bond acceptors (Lipinski definition) is 5. The zero-order valence-electron chi connectivity index (χ0n) is 9.66. The largest absolute Gasteiger partial charge is 0.466 e. The third kappa shape index (κ3) is 4.09. The summed E-state index contributed by atoms with van der Waals surface area (Å²) in [6.07, 6.45) is 3.49.